The highest BCUT2D eigenvalue weighted by Crippen LogP contribution is 2.31. The molecule has 0 saturated heterocycles. The Morgan fingerprint density at radius 2 is 1.00 bits per heavy atom. The SMILES string of the molecule is C=C(C)C(=O)OC=COc1ccc(-c2ccc(-c3ccc(OC=COC(=O)C(=C)C)cc3F)cc2)c(F)c1. The van der Waals surface area contributed by atoms with E-state index in [1.807, 2.05) is 0 Å². The fourth-order valence-corrected chi connectivity index (χ4v) is 3.03. The quantitative estimate of drug-likeness (QED) is 0.160. The minimum atomic E-state index is -0.602. The van der Waals surface area contributed by atoms with Gasteiger partial charge in [0.15, 0.2) is 0 Å². The van der Waals surface area contributed by atoms with Gasteiger partial charge in [-0.1, -0.05) is 37.4 Å². The Labute approximate surface area is 218 Å². The Kier molecular flexibility index (Phi) is 9.31. The molecule has 3 aromatic rings. The number of hydrogen-bond donors (Lipinski definition) is 0. The Hall–Kier alpha value is -4.98. The molecule has 0 heterocycles. The molecule has 0 bridgehead atoms. The predicted octanol–water partition coefficient (Wildman–Crippen LogP) is 7.24. The summed E-state index contributed by atoms with van der Waals surface area (Å²) < 4.78 is 49.4. The van der Waals surface area contributed by atoms with Crippen LogP contribution in [0.2, 0.25) is 0 Å². The van der Waals surface area contributed by atoms with Crippen LogP contribution in [0.4, 0.5) is 8.78 Å². The van der Waals surface area contributed by atoms with Gasteiger partial charge in [-0.25, -0.2) is 18.4 Å². The van der Waals surface area contributed by atoms with Gasteiger partial charge in [0.1, 0.15) is 48.2 Å². The summed E-state index contributed by atoms with van der Waals surface area (Å²) in [5, 5.41) is 0. The van der Waals surface area contributed by atoms with Crippen LogP contribution in [0.15, 0.2) is 110 Å². The van der Waals surface area contributed by atoms with Crippen LogP contribution in [0.5, 0.6) is 11.5 Å². The van der Waals surface area contributed by atoms with Crippen molar-refractivity contribution in [3.8, 4) is 33.8 Å². The van der Waals surface area contributed by atoms with Gasteiger partial charge in [0, 0.05) is 34.4 Å². The van der Waals surface area contributed by atoms with Gasteiger partial charge < -0.3 is 18.9 Å². The van der Waals surface area contributed by atoms with Gasteiger partial charge in [0.05, 0.1) is 0 Å². The summed E-state index contributed by atoms with van der Waals surface area (Å²) in [5.74, 6) is -1.85. The molecule has 3 rings (SSSR count). The number of ether oxygens (including phenoxy) is 4. The highest BCUT2D eigenvalue weighted by Gasteiger charge is 2.10. The summed E-state index contributed by atoms with van der Waals surface area (Å²) in [5.41, 5.74) is 2.28. The maximum atomic E-state index is 14.7. The molecule has 0 saturated carbocycles. The van der Waals surface area contributed by atoms with Crippen molar-refractivity contribution in [1.29, 1.82) is 0 Å². The third-order valence-corrected chi connectivity index (χ3v) is 4.95. The van der Waals surface area contributed by atoms with Crippen LogP contribution in [0.25, 0.3) is 22.3 Å². The summed E-state index contributed by atoms with van der Waals surface area (Å²) in [6.45, 7) is 9.92. The zero-order chi connectivity index (χ0) is 27.7. The first-order chi connectivity index (χ1) is 18.2. The second kappa shape index (κ2) is 12.8. The average Bonchev–Trinajstić information content (AvgIpc) is 2.89. The molecule has 0 N–H and O–H groups in total. The molecule has 8 heteroatoms. The summed E-state index contributed by atoms with van der Waals surface area (Å²) in [7, 11) is 0. The van der Waals surface area contributed by atoms with E-state index in [4.69, 9.17) is 18.9 Å². The van der Waals surface area contributed by atoms with Crippen molar-refractivity contribution in [2.75, 3.05) is 0 Å². The summed E-state index contributed by atoms with van der Waals surface area (Å²) >= 11 is 0. The Morgan fingerprint density at radius 1 is 0.632 bits per heavy atom. The van der Waals surface area contributed by atoms with Crippen molar-refractivity contribution in [2.24, 2.45) is 0 Å². The second-order valence-electron chi connectivity index (χ2n) is 8.01. The summed E-state index contributed by atoms with van der Waals surface area (Å²) in [6, 6.07) is 15.3. The largest absolute Gasteiger partial charge is 0.462 e. The van der Waals surface area contributed by atoms with E-state index in [-0.39, 0.29) is 22.6 Å². The van der Waals surface area contributed by atoms with Crippen LogP contribution < -0.4 is 9.47 Å². The van der Waals surface area contributed by atoms with Crippen molar-refractivity contribution < 1.29 is 37.3 Å². The smallest absolute Gasteiger partial charge is 0.338 e. The lowest BCUT2D eigenvalue weighted by molar-refractivity contribution is -0.134. The molecule has 6 nitrogen and oxygen atoms in total. The zero-order valence-electron chi connectivity index (χ0n) is 20.7. The fraction of sp³-hybridized carbons (Fsp3) is 0.0667. The topological polar surface area (TPSA) is 71.1 Å². The standard InChI is InChI=1S/C30H24F2O6/c1-19(2)29(33)37-15-13-35-23-9-11-25(27(31)17-23)21-5-7-22(8-6-21)26-12-10-24(18-28(26)32)36-14-16-38-30(34)20(3)4/h5-18H,1,3H2,2,4H3. The molecular weight excluding hydrogens is 494 g/mol. The first kappa shape index (κ1) is 27.6. The van der Waals surface area contributed by atoms with E-state index in [2.05, 4.69) is 13.2 Å². The van der Waals surface area contributed by atoms with E-state index in [0.717, 1.165) is 25.0 Å². The number of carbonyl (C=O) groups is 2. The van der Waals surface area contributed by atoms with Crippen LogP contribution in [0, 0.1) is 11.6 Å². The monoisotopic (exact) mass is 518 g/mol. The molecule has 3 aromatic carbocycles. The minimum Gasteiger partial charge on any atom is -0.462 e. The van der Waals surface area contributed by atoms with Gasteiger partial charge >= 0.3 is 11.9 Å². The number of halogens is 2. The Morgan fingerprint density at radius 3 is 1.32 bits per heavy atom. The van der Waals surface area contributed by atoms with Crippen molar-refractivity contribution in [1.82, 2.24) is 0 Å². The van der Waals surface area contributed by atoms with Gasteiger partial charge in [-0.05, 0) is 49.2 Å². The molecule has 38 heavy (non-hydrogen) atoms. The third kappa shape index (κ3) is 7.51. The maximum absolute atomic E-state index is 14.7. The zero-order valence-corrected chi connectivity index (χ0v) is 20.7. The fourth-order valence-electron chi connectivity index (χ4n) is 3.03. The molecular formula is C30H24F2O6. The van der Waals surface area contributed by atoms with Gasteiger partial charge in [-0.2, -0.15) is 0 Å². The predicted molar refractivity (Wildman–Crippen MR) is 139 cm³/mol. The van der Waals surface area contributed by atoms with Crippen LogP contribution in [0.1, 0.15) is 13.8 Å². The van der Waals surface area contributed by atoms with Gasteiger partial charge in [0.2, 0.25) is 0 Å². The molecule has 0 fully saturated rings. The molecule has 0 amide bonds. The lowest BCUT2D eigenvalue weighted by atomic mass is 9.99. The minimum absolute atomic E-state index is 0.207. The Bertz CT molecular complexity index is 1310. The Balaban J connectivity index is 1.65. The van der Waals surface area contributed by atoms with Crippen LogP contribution in [-0.4, -0.2) is 11.9 Å². The number of benzene rings is 3. The van der Waals surface area contributed by atoms with Gasteiger partial charge in [0.25, 0.3) is 0 Å². The first-order valence-electron chi connectivity index (χ1n) is 11.2. The highest BCUT2D eigenvalue weighted by molar-refractivity contribution is 5.87. The molecule has 0 aliphatic rings. The molecule has 0 unspecified atom stereocenters. The summed E-state index contributed by atoms with van der Waals surface area (Å²) in [4.78, 5) is 22.6. The second-order valence-corrected chi connectivity index (χ2v) is 8.01. The number of esters is 2. The van der Waals surface area contributed by atoms with Crippen LogP contribution in [-0.2, 0) is 19.1 Å². The lowest BCUT2D eigenvalue weighted by Crippen LogP contribution is -1.99. The maximum Gasteiger partial charge on any atom is 0.338 e. The van der Waals surface area contributed by atoms with Crippen molar-refractivity contribution >= 4 is 11.9 Å². The van der Waals surface area contributed by atoms with E-state index < -0.39 is 23.6 Å². The summed E-state index contributed by atoms with van der Waals surface area (Å²) in [6.07, 6.45) is 4.31. The number of carbonyl (C=O) groups excluding carboxylic acids is 2. The molecule has 0 aliphatic heterocycles. The van der Waals surface area contributed by atoms with E-state index in [1.165, 1.54) is 26.0 Å². The van der Waals surface area contributed by atoms with Crippen molar-refractivity contribution in [2.45, 2.75) is 13.8 Å². The lowest BCUT2D eigenvalue weighted by Gasteiger charge is -2.09. The van der Waals surface area contributed by atoms with Crippen molar-refractivity contribution in [3.05, 3.63) is 122 Å². The van der Waals surface area contributed by atoms with Gasteiger partial charge in [-0.15, -0.1) is 0 Å². The molecule has 194 valence electrons. The van der Waals surface area contributed by atoms with E-state index in [9.17, 15) is 18.4 Å². The van der Waals surface area contributed by atoms with Crippen LogP contribution in [0.3, 0.4) is 0 Å². The third-order valence-electron chi connectivity index (χ3n) is 4.95. The first-order valence-corrected chi connectivity index (χ1v) is 11.2. The van der Waals surface area contributed by atoms with Gasteiger partial charge in [-0.3, -0.25) is 0 Å². The normalized spacial score (nSPS) is 10.8. The molecule has 0 aromatic heterocycles. The van der Waals surface area contributed by atoms with Crippen molar-refractivity contribution in [3.63, 3.8) is 0 Å². The highest BCUT2D eigenvalue weighted by atomic mass is 19.1. The number of hydrogen-bond acceptors (Lipinski definition) is 6. The molecule has 0 radical (unpaired) electrons. The van der Waals surface area contributed by atoms with Crippen LogP contribution >= 0.6 is 0 Å². The van der Waals surface area contributed by atoms with E-state index >= 15 is 0 Å². The van der Waals surface area contributed by atoms with E-state index in [1.54, 1.807) is 48.5 Å². The molecule has 0 spiro atoms. The molecule has 0 atom stereocenters. The van der Waals surface area contributed by atoms with E-state index in [0.29, 0.717) is 22.3 Å². The average molecular weight is 519 g/mol. The number of rotatable bonds is 10. The molecule has 0 aliphatic carbocycles.